The average molecular weight is 334 g/mol. The Labute approximate surface area is 141 Å². The third kappa shape index (κ3) is 3.32. The molecule has 24 heavy (non-hydrogen) atoms. The Balaban J connectivity index is 1.82. The molecule has 0 amide bonds. The van der Waals surface area contributed by atoms with Gasteiger partial charge in [0.1, 0.15) is 11.5 Å². The van der Waals surface area contributed by atoms with E-state index in [0.717, 1.165) is 5.56 Å². The first kappa shape index (κ1) is 15.9. The van der Waals surface area contributed by atoms with E-state index in [1.165, 1.54) is 12.1 Å². The molecule has 0 aliphatic heterocycles. The second kappa shape index (κ2) is 6.61. The molecule has 0 bridgehead atoms. The first-order valence-corrected chi connectivity index (χ1v) is 8.73. The molecule has 3 nitrogen and oxygen atoms in total. The Morgan fingerprint density at radius 1 is 0.708 bits per heavy atom. The van der Waals surface area contributed by atoms with Crippen LogP contribution in [0.3, 0.4) is 0 Å². The summed E-state index contributed by atoms with van der Waals surface area (Å²) in [6.45, 7) is 0. The van der Waals surface area contributed by atoms with Gasteiger partial charge >= 0.3 is 0 Å². The molecule has 118 valence electrons. The molecule has 0 aliphatic carbocycles. The number of rotatable bonds is 4. The van der Waals surface area contributed by atoms with E-state index < -0.39 is 9.84 Å². The lowest BCUT2D eigenvalue weighted by molar-refractivity contribution is 0.482. The topological polar surface area (TPSA) is 43.4 Å². The predicted octanol–water partition coefficient (Wildman–Crippen LogP) is 4.29. The molecule has 3 aromatic carbocycles. The van der Waals surface area contributed by atoms with Crippen molar-refractivity contribution in [2.24, 2.45) is 0 Å². The zero-order valence-electron chi connectivity index (χ0n) is 12.7. The zero-order chi connectivity index (χ0) is 17.0. The van der Waals surface area contributed by atoms with Crippen LogP contribution in [-0.2, 0) is 9.84 Å². The van der Waals surface area contributed by atoms with Crippen molar-refractivity contribution in [1.82, 2.24) is 0 Å². The van der Waals surface area contributed by atoms with Crippen LogP contribution in [-0.4, -0.2) is 8.42 Å². The van der Waals surface area contributed by atoms with E-state index >= 15 is 0 Å². The molecule has 0 aliphatic rings. The van der Waals surface area contributed by atoms with Crippen molar-refractivity contribution in [2.45, 2.75) is 9.79 Å². The number of hydrogen-bond acceptors (Lipinski definition) is 3. The highest BCUT2D eigenvalue weighted by atomic mass is 32.2. The fourth-order valence-electron chi connectivity index (χ4n) is 2.18. The minimum Gasteiger partial charge on any atom is -0.457 e. The van der Waals surface area contributed by atoms with Crippen molar-refractivity contribution in [2.75, 3.05) is 0 Å². The van der Waals surface area contributed by atoms with Gasteiger partial charge in [0.25, 0.3) is 0 Å². The third-order valence-electron chi connectivity index (χ3n) is 3.44. The summed E-state index contributed by atoms with van der Waals surface area (Å²) in [7, 11) is -3.52. The summed E-state index contributed by atoms with van der Waals surface area (Å²) in [6, 6.07) is 21.8. The van der Waals surface area contributed by atoms with Crippen LogP contribution in [0.2, 0.25) is 0 Å². The molecule has 3 aromatic rings. The summed E-state index contributed by atoms with van der Waals surface area (Å²) in [5.74, 6) is 3.72. The maximum Gasteiger partial charge on any atom is 0.206 e. The van der Waals surface area contributed by atoms with E-state index in [4.69, 9.17) is 11.2 Å². The Hall–Kier alpha value is -3.03. The molecule has 0 fully saturated rings. The SMILES string of the molecule is C#Cc1ccc(Oc2ccc(S(=O)(=O)c3ccccc3)cc2)cc1. The highest BCUT2D eigenvalue weighted by Crippen LogP contribution is 2.26. The van der Waals surface area contributed by atoms with Gasteiger partial charge in [-0.05, 0) is 60.7 Å². The van der Waals surface area contributed by atoms with E-state index in [-0.39, 0.29) is 9.79 Å². The van der Waals surface area contributed by atoms with Crippen molar-refractivity contribution >= 4 is 9.84 Å². The second-order valence-corrected chi connectivity index (χ2v) is 7.01. The molecular formula is C20H14O3S. The van der Waals surface area contributed by atoms with Crippen molar-refractivity contribution in [3.8, 4) is 23.8 Å². The fourth-order valence-corrected chi connectivity index (χ4v) is 3.46. The van der Waals surface area contributed by atoms with Gasteiger partial charge < -0.3 is 4.74 Å². The van der Waals surface area contributed by atoms with Crippen LogP contribution < -0.4 is 4.74 Å². The zero-order valence-corrected chi connectivity index (χ0v) is 13.5. The molecule has 4 heteroatoms. The van der Waals surface area contributed by atoms with Crippen LogP contribution in [0, 0.1) is 12.3 Å². The molecule has 0 spiro atoms. The predicted molar refractivity (Wildman–Crippen MR) is 92.8 cm³/mol. The van der Waals surface area contributed by atoms with Crippen molar-refractivity contribution in [1.29, 1.82) is 0 Å². The quantitative estimate of drug-likeness (QED) is 0.668. The van der Waals surface area contributed by atoms with Gasteiger partial charge in [0.2, 0.25) is 9.84 Å². The number of terminal acetylenes is 1. The van der Waals surface area contributed by atoms with Gasteiger partial charge in [-0.15, -0.1) is 6.42 Å². The molecule has 0 N–H and O–H groups in total. The monoisotopic (exact) mass is 334 g/mol. The second-order valence-electron chi connectivity index (χ2n) is 5.06. The largest absolute Gasteiger partial charge is 0.457 e. The summed E-state index contributed by atoms with van der Waals surface area (Å²) in [5, 5.41) is 0. The first-order chi connectivity index (χ1) is 11.6. The van der Waals surface area contributed by atoms with Gasteiger partial charge in [-0.3, -0.25) is 0 Å². The number of sulfone groups is 1. The molecule has 0 saturated carbocycles. The summed E-state index contributed by atoms with van der Waals surface area (Å²) in [4.78, 5) is 0.493. The minimum atomic E-state index is -3.52. The van der Waals surface area contributed by atoms with Gasteiger partial charge in [-0.25, -0.2) is 8.42 Å². The Bertz CT molecular complexity index is 966. The summed E-state index contributed by atoms with van der Waals surface area (Å²) >= 11 is 0. The van der Waals surface area contributed by atoms with Crippen molar-refractivity contribution in [3.05, 3.63) is 84.4 Å². The lowest BCUT2D eigenvalue weighted by atomic mass is 10.2. The minimum absolute atomic E-state index is 0.226. The normalized spacial score (nSPS) is 10.8. The van der Waals surface area contributed by atoms with E-state index in [1.54, 1.807) is 66.7 Å². The molecule has 0 unspecified atom stereocenters. The van der Waals surface area contributed by atoms with Gasteiger partial charge in [-0.2, -0.15) is 0 Å². The summed E-state index contributed by atoms with van der Waals surface area (Å²) in [5.41, 5.74) is 0.770. The highest BCUT2D eigenvalue weighted by molar-refractivity contribution is 7.91. The van der Waals surface area contributed by atoms with Crippen LogP contribution in [0.5, 0.6) is 11.5 Å². The van der Waals surface area contributed by atoms with Crippen molar-refractivity contribution in [3.63, 3.8) is 0 Å². The molecule has 0 saturated heterocycles. The van der Waals surface area contributed by atoms with Gasteiger partial charge in [0, 0.05) is 5.56 Å². The Morgan fingerprint density at radius 3 is 1.75 bits per heavy atom. The highest BCUT2D eigenvalue weighted by Gasteiger charge is 2.16. The maximum absolute atomic E-state index is 12.5. The summed E-state index contributed by atoms with van der Waals surface area (Å²) in [6.07, 6.45) is 5.31. The van der Waals surface area contributed by atoms with Gasteiger partial charge in [0.15, 0.2) is 0 Å². The molecule has 0 heterocycles. The molecule has 0 radical (unpaired) electrons. The van der Waals surface area contributed by atoms with Crippen LogP contribution >= 0.6 is 0 Å². The van der Waals surface area contributed by atoms with E-state index in [0.29, 0.717) is 11.5 Å². The average Bonchev–Trinajstić information content (AvgIpc) is 2.63. The fraction of sp³-hybridized carbons (Fsp3) is 0. The smallest absolute Gasteiger partial charge is 0.206 e. The summed E-state index contributed by atoms with van der Waals surface area (Å²) < 4.78 is 30.7. The van der Waals surface area contributed by atoms with E-state index in [9.17, 15) is 8.42 Å². The molecular weight excluding hydrogens is 320 g/mol. The van der Waals surface area contributed by atoms with Gasteiger partial charge in [0.05, 0.1) is 9.79 Å². The van der Waals surface area contributed by atoms with E-state index in [1.807, 2.05) is 0 Å². The Morgan fingerprint density at radius 2 is 1.21 bits per heavy atom. The molecule has 0 atom stereocenters. The lowest BCUT2D eigenvalue weighted by Crippen LogP contribution is -2.01. The standard InChI is InChI=1S/C20H14O3S/c1-2-16-8-10-17(11-9-16)23-18-12-14-20(15-13-18)24(21,22)19-6-4-3-5-7-19/h1,3-15H. The van der Waals surface area contributed by atoms with Crippen LogP contribution in [0.15, 0.2) is 88.7 Å². The first-order valence-electron chi connectivity index (χ1n) is 7.24. The van der Waals surface area contributed by atoms with Crippen LogP contribution in [0.25, 0.3) is 0 Å². The number of ether oxygens (including phenoxy) is 1. The third-order valence-corrected chi connectivity index (χ3v) is 5.23. The van der Waals surface area contributed by atoms with Crippen molar-refractivity contribution < 1.29 is 13.2 Å². The van der Waals surface area contributed by atoms with Crippen LogP contribution in [0.1, 0.15) is 5.56 Å². The number of benzene rings is 3. The lowest BCUT2D eigenvalue weighted by Gasteiger charge is -2.08. The van der Waals surface area contributed by atoms with E-state index in [2.05, 4.69) is 5.92 Å². The molecule has 0 aromatic heterocycles. The number of hydrogen-bond donors (Lipinski definition) is 0. The van der Waals surface area contributed by atoms with Gasteiger partial charge in [-0.1, -0.05) is 24.1 Å². The van der Waals surface area contributed by atoms with Crippen LogP contribution in [0.4, 0.5) is 0 Å². The molecule has 3 rings (SSSR count). The Kier molecular flexibility index (Phi) is 4.37. The maximum atomic E-state index is 12.5.